The third-order valence-corrected chi connectivity index (χ3v) is 3.03. The first-order valence-electron chi connectivity index (χ1n) is 5.90. The molecule has 16 heavy (non-hydrogen) atoms. The molecule has 1 aliphatic heterocycles. The van der Waals surface area contributed by atoms with Crippen molar-refractivity contribution in [3.05, 3.63) is 0 Å². The monoisotopic (exact) mass is 230 g/mol. The summed E-state index contributed by atoms with van der Waals surface area (Å²) in [5.74, 6) is -0.0338. The number of hydrogen-bond donors (Lipinski definition) is 3. The fraction of sp³-hybridized carbons (Fsp3) is 0.909. The molecule has 0 spiro atoms. The van der Waals surface area contributed by atoms with E-state index >= 15 is 0 Å². The van der Waals surface area contributed by atoms with Crippen LogP contribution in [0.25, 0.3) is 0 Å². The van der Waals surface area contributed by atoms with E-state index in [1.807, 2.05) is 13.8 Å². The molecule has 0 aromatic rings. The minimum atomic E-state index is -0.895. The summed E-state index contributed by atoms with van der Waals surface area (Å²) in [6.45, 7) is 6.20. The van der Waals surface area contributed by atoms with Gasteiger partial charge < -0.3 is 20.5 Å². The van der Waals surface area contributed by atoms with Gasteiger partial charge in [-0.3, -0.25) is 4.79 Å². The second kappa shape index (κ2) is 6.18. The topological polar surface area (TPSA) is 70.6 Å². The number of carbonyl (C=O) groups is 1. The predicted molar refractivity (Wildman–Crippen MR) is 61.2 cm³/mol. The fourth-order valence-corrected chi connectivity index (χ4v) is 1.72. The van der Waals surface area contributed by atoms with Crippen molar-refractivity contribution < 1.29 is 14.6 Å². The molecule has 3 N–H and O–H groups in total. The molecule has 2 atom stereocenters. The van der Waals surface area contributed by atoms with Gasteiger partial charge in [-0.05, 0) is 13.5 Å². The van der Waals surface area contributed by atoms with E-state index in [4.69, 9.17) is 4.74 Å². The Morgan fingerprint density at radius 1 is 1.62 bits per heavy atom. The van der Waals surface area contributed by atoms with Crippen molar-refractivity contribution in [2.45, 2.75) is 38.4 Å². The van der Waals surface area contributed by atoms with Crippen molar-refractivity contribution >= 4 is 5.91 Å². The van der Waals surface area contributed by atoms with Crippen LogP contribution in [0, 0.1) is 0 Å². The van der Waals surface area contributed by atoms with E-state index in [0.717, 1.165) is 6.54 Å². The first-order valence-corrected chi connectivity index (χ1v) is 5.90. The molecule has 0 bridgehead atoms. The van der Waals surface area contributed by atoms with Crippen LogP contribution in [-0.4, -0.2) is 49.0 Å². The van der Waals surface area contributed by atoms with Gasteiger partial charge in [0.05, 0.1) is 6.10 Å². The van der Waals surface area contributed by atoms with E-state index in [2.05, 4.69) is 10.6 Å². The molecule has 0 aromatic heterocycles. The van der Waals surface area contributed by atoms with Gasteiger partial charge in [-0.15, -0.1) is 0 Å². The molecule has 0 radical (unpaired) electrons. The van der Waals surface area contributed by atoms with E-state index in [1.165, 1.54) is 0 Å². The summed E-state index contributed by atoms with van der Waals surface area (Å²) < 4.78 is 5.29. The van der Waals surface area contributed by atoms with Gasteiger partial charge in [0, 0.05) is 32.5 Å². The Labute approximate surface area is 96.6 Å². The van der Waals surface area contributed by atoms with Gasteiger partial charge in [0.2, 0.25) is 5.91 Å². The zero-order valence-corrected chi connectivity index (χ0v) is 10.1. The van der Waals surface area contributed by atoms with E-state index < -0.39 is 5.60 Å². The Kier molecular flexibility index (Phi) is 5.18. The van der Waals surface area contributed by atoms with Crippen LogP contribution in [0.15, 0.2) is 0 Å². The summed E-state index contributed by atoms with van der Waals surface area (Å²) in [4.78, 5) is 11.4. The Bertz CT molecular complexity index is 235. The Hall–Kier alpha value is -0.650. The van der Waals surface area contributed by atoms with Gasteiger partial charge in [-0.25, -0.2) is 0 Å². The lowest BCUT2D eigenvalue weighted by molar-refractivity contribution is -0.122. The summed E-state index contributed by atoms with van der Waals surface area (Å²) in [5, 5.41) is 15.9. The van der Waals surface area contributed by atoms with Crippen molar-refractivity contribution in [1.82, 2.24) is 10.6 Å². The van der Waals surface area contributed by atoms with E-state index in [-0.39, 0.29) is 18.6 Å². The molecule has 0 aromatic carbocycles. The highest BCUT2D eigenvalue weighted by Crippen LogP contribution is 2.24. The molecular weight excluding hydrogens is 208 g/mol. The molecular formula is C11H22N2O3. The lowest BCUT2D eigenvalue weighted by Crippen LogP contribution is -2.47. The molecule has 1 amide bonds. The highest BCUT2D eigenvalue weighted by Gasteiger charge is 2.39. The van der Waals surface area contributed by atoms with Crippen molar-refractivity contribution in [3.63, 3.8) is 0 Å². The Morgan fingerprint density at radius 3 is 2.94 bits per heavy atom. The van der Waals surface area contributed by atoms with Gasteiger partial charge in [0.25, 0.3) is 0 Å². The SMILES string of the molecule is CCNCCC(=O)NCC1(O)CCOC1C. The molecule has 0 aliphatic carbocycles. The third kappa shape index (κ3) is 3.73. The number of aliphatic hydroxyl groups is 1. The largest absolute Gasteiger partial charge is 0.385 e. The third-order valence-electron chi connectivity index (χ3n) is 3.03. The van der Waals surface area contributed by atoms with Crippen LogP contribution in [0.5, 0.6) is 0 Å². The zero-order chi connectivity index (χ0) is 12.0. The first-order chi connectivity index (χ1) is 7.58. The maximum atomic E-state index is 11.4. The van der Waals surface area contributed by atoms with Crippen LogP contribution in [0.1, 0.15) is 26.7 Å². The van der Waals surface area contributed by atoms with Crippen molar-refractivity contribution in [2.24, 2.45) is 0 Å². The molecule has 5 heteroatoms. The normalized spacial score (nSPS) is 29.3. The van der Waals surface area contributed by atoms with Crippen LogP contribution in [0.4, 0.5) is 0 Å². The minimum Gasteiger partial charge on any atom is -0.385 e. The number of ether oxygens (including phenoxy) is 1. The molecule has 1 heterocycles. The number of hydrogen-bond acceptors (Lipinski definition) is 4. The number of amides is 1. The quantitative estimate of drug-likeness (QED) is 0.545. The average Bonchev–Trinajstić information content (AvgIpc) is 2.58. The first kappa shape index (κ1) is 13.4. The van der Waals surface area contributed by atoms with Crippen molar-refractivity contribution in [2.75, 3.05) is 26.2 Å². The van der Waals surface area contributed by atoms with Gasteiger partial charge in [-0.1, -0.05) is 6.92 Å². The van der Waals surface area contributed by atoms with Gasteiger partial charge >= 0.3 is 0 Å². The average molecular weight is 230 g/mol. The summed E-state index contributed by atoms with van der Waals surface area (Å²) in [7, 11) is 0. The maximum absolute atomic E-state index is 11.4. The summed E-state index contributed by atoms with van der Waals surface area (Å²) in [6, 6.07) is 0. The smallest absolute Gasteiger partial charge is 0.221 e. The maximum Gasteiger partial charge on any atom is 0.221 e. The van der Waals surface area contributed by atoms with Crippen molar-refractivity contribution in [1.29, 1.82) is 0 Å². The molecule has 0 saturated carbocycles. The highest BCUT2D eigenvalue weighted by atomic mass is 16.5. The predicted octanol–water partition coefficient (Wildman–Crippen LogP) is -0.358. The number of rotatable bonds is 6. The highest BCUT2D eigenvalue weighted by molar-refractivity contribution is 5.76. The van der Waals surface area contributed by atoms with Crippen LogP contribution in [0.2, 0.25) is 0 Å². The number of carbonyl (C=O) groups excluding carboxylic acids is 1. The van der Waals surface area contributed by atoms with Crippen LogP contribution >= 0.6 is 0 Å². The Morgan fingerprint density at radius 2 is 2.38 bits per heavy atom. The second-order valence-electron chi connectivity index (χ2n) is 4.25. The van der Waals surface area contributed by atoms with Crippen molar-refractivity contribution in [3.8, 4) is 0 Å². The van der Waals surface area contributed by atoms with Gasteiger partial charge in [-0.2, -0.15) is 0 Å². The lowest BCUT2D eigenvalue weighted by Gasteiger charge is -2.26. The number of nitrogens with one attached hydrogen (secondary N) is 2. The van der Waals surface area contributed by atoms with E-state index in [9.17, 15) is 9.90 Å². The second-order valence-corrected chi connectivity index (χ2v) is 4.25. The molecule has 5 nitrogen and oxygen atoms in total. The molecule has 1 saturated heterocycles. The molecule has 1 aliphatic rings. The van der Waals surface area contributed by atoms with Gasteiger partial charge in [0.1, 0.15) is 5.60 Å². The summed E-state index contributed by atoms with van der Waals surface area (Å²) in [6.07, 6.45) is 0.822. The van der Waals surface area contributed by atoms with Crippen LogP contribution in [-0.2, 0) is 9.53 Å². The summed E-state index contributed by atoms with van der Waals surface area (Å²) >= 11 is 0. The summed E-state index contributed by atoms with van der Waals surface area (Å²) in [5.41, 5.74) is -0.895. The Balaban J connectivity index is 2.20. The van der Waals surface area contributed by atoms with E-state index in [0.29, 0.717) is 26.0 Å². The zero-order valence-electron chi connectivity index (χ0n) is 10.1. The molecule has 94 valence electrons. The van der Waals surface area contributed by atoms with Gasteiger partial charge in [0.15, 0.2) is 0 Å². The fourth-order valence-electron chi connectivity index (χ4n) is 1.72. The van der Waals surface area contributed by atoms with Crippen LogP contribution < -0.4 is 10.6 Å². The van der Waals surface area contributed by atoms with Crippen LogP contribution in [0.3, 0.4) is 0 Å². The lowest BCUT2D eigenvalue weighted by atomic mass is 9.97. The standard InChI is InChI=1S/C11H22N2O3/c1-3-12-6-4-10(14)13-8-11(15)5-7-16-9(11)2/h9,12,15H,3-8H2,1-2H3,(H,13,14). The molecule has 1 rings (SSSR count). The van der Waals surface area contributed by atoms with E-state index in [1.54, 1.807) is 0 Å². The minimum absolute atomic E-state index is 0.0338. The molecule has 1 fully saturated rings. The molecule has 2 unspecified atom stereocenters.